The van der Waals surface area contributed by atoms with Crippen LogP contribution in [0.4, 0.5) is 5.69 Å². The van der Waals surface area contributed by atoms with E-state index >= 15 is 0 Å². The van der Waals surface area contributed by atoms with Gasteiger partial charge in [0.25, 0.3) is 0 Å². The lowest BCUT2D eigenvalue weighted by atomic mass is 10.0. The molecular formula is C13H20N2Si. The predicted octanol–water partition coefficient (Wildman–Crippen LogP) is 2.26. The summed E-state index contributed by atoms with van der Waals surface area (Å²) in [5.74, 6) is 3.24. The molecule has 0 atom stereocenters. The number of anilines is 1. The number of nitrogen functional groups attached to an aromatic ring is 1. The van der Waals surface area contributed by atoms with Gasteiger partial charge in [-0.25, -0.2) is 0 Å². The number of nitrogens with two attached hydrogens (primary N) is 2. The Morgan fingerprint density at radius 1 is 1.25 bits per heavy atom. The summed E-state index contributed by atoms with van der Waals surface area (Å²) in [5, 5.41) is 0. The van der Waals surface area contributed by atoms with Gasteiger partial charge in [-0.15, -0.1) is 5.54 Å². The second kappa shape index (κ2) is 4.73. The molecule has 1 rings (SSSR count). The summed E-state index contributed by atoms with van der Waals surface area (Å²) in [6.07, 6.45) is 0. The largest absolute Gasteiger partial charge is 0.398 e. The van der Waals surface area contributed by atoms with Crippen LogP contribution in [0.25, 0.3) is 0 Å². The van der Waals surface area contributed by atoms with Crippen LogP contribution in [-0.4, -0.2) is 8.07 Å². The van der Waals surface area contributed by atoms with E-state index in [4.69, 9.17) is 11.5 Å². The lowest BCUT2D eigenvalue weighted by molar-refractivity contribution is 1.07. The summed E-state index contributed by atoms with van der Waals surface area (Å²) in [6, 6.07) is 3.97. The smallest absolute Gasteiger partial charge is 0.129 e. The monoisotopic (exact) mass is 232 g/mol. The van der Waals surface area contributed by atoms with Gasteiger partial charge in [-0.1, -0.05) is 25.6 Å². The summed E-state index contributed by atoms with van der Waals surface area (Å²) in [4.78, 5) is 0. The molecule has 0 aliphatic carbocycles. The van der Waals surface area contributed by atoms with Crippen LogP contribution in [-0.2, 0) is 6.54 Å². The van der Waals surface area contributed by atoms with Crippen molar-refractivity contribution in [1.29, 1.82) is 0 Å². The fraction of sp³-hybridized carbons (Fsp3) is 0.385. The molecule has 0 saturated carbocycles. The summed E-state index contributed by atoms with van der Waals surface area (Å²) in [5.41, 5.74) is 18.8. The zero-order valence-corrected chi connectivity index (χ0v) is 11.5. The number of rotatable bonds is 1. The van der Waals surface area contributed by atoms with Crippen molar-refractivity contribution in [1.82, 2.24) is 0 Å². The molecule has 0 unspecified atom stereocenters. The minimum absolute atomic E-state index is 0.506. The van der Waals surface area contributed by atoms with Gasteiger partial charge in [-0.2, -0.15) is 0 Å². The summed E-state index contributed by atoms with van der Waals surface area (Å²) in [7, 11) is -1.34. The first kappa shape index (κ1) is 12.8. The molecule has 3 heteroatoms. The minimum atomic E-state index is -1.34. The Labute approximate surface area is 99.0 Å². The van der Waals surface area contributed by atoms with Gasteiger partial charge in [0.2, 0.25) is 0 Å². The van der Waals surface area contributed by atoms with Crippen molar-refractivity contribution < 1.29 is 0 Å². The zero-order valence-electron chi connectivity index (χ0n) is 10.5. The maximum Gasteiger partial charge on any atom is 0.129 e. The number of benzene rings is 1. The van der Waals surface area contributed by atoms with Crippen LogP contribution in [0.15, 0.2) is 12.1 Å². The van der Waals surface area contributed by atoms with Crippen LogP contribution < -0.4 is 11.5 Å². The highest BCUT2D eigenvalue weighted by Crippen LogP contribution is 2.18. The van der Waals surface area contributed by atoms with Crippen LogP contribution in [0.2, 0.25) is 19.6 Å². The lowest BCUT2D eigenvalue weighted by Crippen LogP contribution is -2.16. The molecule has 0 radical (unpaired) electrons. The summed E-state index contributed by atoms with van der Waals surface area (Å²) < 4.78 is 0. The van der Waals surface area contributed by atoms with E-state index in [0.29, 0.717) is 6.54 Å². The van der Waals surface area contributed by atoms with E-state index < -0.39 is 8.07 Å². The van der Waals surface area contributed by atoms with Gasteiger partial charge in [0.05, 0.1) is 0 Å². The Balaban J connectivity index is 3.21. The Morgan fingerprint density at radius 3 is 2.38 bits per heavy atom. The topological polar surface area (TPSA) is 52.0 Å². The van der Waals surface area contributed by atoms with Crippen molar-refractivity contribution in [2.24, 2.45) is 5.73 Å². The maximum absolute atomic E-state index is 5.92. The van der Waals surface area contributed by atoms with Gasteiger partial charge < -0.3 is 11.5 Å². The highest BCUT2D eigenvalue weighted by molar-refractivity contribution is 6.83. The van der Waals surface area contributed by atoms with Crippen molar-refractivity contribution in [2.45, 2.75) is 33.1 Å². The quantitative estimate of drug-likeness (QED) is 0.443. The van der Waals surface area contributed by atoms with Gasteiger partial charge in [0, 0.05) is 17.8 Å². The normalized spacial score (nSPS) is 10.8. The SMILES string of the molecule is Cc1c(N)cc(CN)cc1C#C[Si](C)(C)C. The van der Waals surface area contributed by atoms with E-state index in [0.717, 1.165) is 22.4 Å². The van der Waals surface area contributed by atoms with Gasteiger partial charge in [0.1, 0.15) is 8.07 Å². The van der Waals surface area contributed by atoms with E-state index in [1.165, 1.54) is 0 Å². The first-order valence-electron chi connectivity index (χ1n) is 5.46. The molecule has 0 aliphatic heterocycles. The van der Waals surface area contributed by atoms with Crippen LogP contribution in [0, 0.1) is 18.4 Å². The standard InChI is InChI=1S/C13H20N2Si/c1-10-12(5-6-16(2,3)4)7-11(9-14)8-13(10)15/h7-8H,9,14-15H2,1-4H3. The highest BCUT2D eigenvalue weighted by atomic mass is 28.3. The Morgan fingerprint density at radius 2 is 1.88 bits per heavy atom. The van der Waals surface area contributed by atoms with Gasteiger partial charge in [-0.3, -0.25) is 0 Å². The van der Waals surface area contributed by atoms with Crippen molar-refractivity contribution in [3.63, 3.8) is 0 Å². The fourth-order valence-electron chi connectivity index (χ4n) is 1.30. The third kappa shape index (κ3) is 3.40. The van der Waals surface area contributed by atoms with Gasteiger partial charge >= 0.3 is 0 Å². The molecule has 0 saturated heterocycles. The average Bonchev–Trinajstić information content (AvgIpc) is 2.18. The second-order valence-corrected chi connectivity index (χ2v) is 9.81. The van der Waals surface area contributed by atoms with Crippen molar-refractivity contribution in [3.05, 3.63) is 28.8 Å². The molecule has 86 valence electrons. The number of hydrogen-bond donors (Lipinski definition) is 2. The highest BCUT2D eigenvalue weighted by Gasteiger charge is 2.08. The van der Waals surface area contributed by atoms with Crippen molar-refractivity contribution in [2.75, 3.05) is 5.73 Å². The summed E-state index contributed by atoms with van der Waals surface area (Å²) >= 11 is 0. The Bertz CT molecular complexity index is 447. The molecule has 0 spiro atoms. The Hall–Kier alpha value is -1.24. The predicted molar refractivity (Wildman–Crippen MR) is 73.7 cm³/mol. The first-order valence-corrected chi connectivity index (χ1v) is 8.96. The van der Waals surface area contributed by atoms with Crippen LogP contribution in [0.3, 0.4) is 0 Å². The molecule has 0 aliphatic rings. The van der Waals surface area contributed by atoms with Crippen LogP contribution >= 0.6 is 0 Å². The molecule has 0 fully saturated rings. The second-order valence-electron chi connectivity index (χ2n) is 5.06. The lowest BCUT2D eigenvalue weighted by Gasteiger charge is -2.08. The molecule has 0 heterocycles. The molecule has 1 aromatic carbocycles. The van der Waals surface area contributed by atoms with Gasteiger partial charge in [0.15, 0.2) is 0 Å². The maximum atomic E-state index is 5.92. The average molecular weight is 232 g/mol. The third-order valence-electron chi connectivity index (χ3n) is 2.32. The summed E-state index contributed by atoms with van der Waals surface area (Å²) in [6.45, 7) is 9.19. The minimum Gasteiger partial charge on any atom is -0.398 e. The van der Waals surface area contributed by atoms with Gasteiger partial charge in [-0.05, 0) is 30.2 Å². The molecule has 16 heavy (non-hydrogen) atoms. The molecule has 4 N–H and O–H groups in total. The Kier molecular flexibility index (Phi) is 3.79. The molecular weight excluding hydrogens is 212 g/mol. The third-order valence-corrected chi connectivity index (χ3v) is 3.19. The first-order chi connectivity index (χ1) is 7.33. The molecule has 1 aromatic rings. The van der Waals surface area contributed by atoms with E-state index in [2.05, 4.69) is 31.1 Å². The fourth-order valence-corrected chi connectivity index (χ4v) is 1.81. The molecule has 0 aromatic heterocycles. The van der Waals surface area contributed by atoms with Crippen molar-refractivity contribution in [3.8, 4) is 11.5 Å². The number of hydrogen-bond acceptors (Lipinski definition) is 2. The van der Waals surface area contributed by atoms with E-state index in [1.807, 2.05) is 19.1 Å². The molecule has 0 bridgehead atoms. The van der Waals surface area contributed by atoms with Crippen LogP contribution in [0.1, 0.15) is 16.7 Å². The van der Waals surface area contributed by atoms with E-state index in [9.17, 15) is 0 Å². The molecule has 2 nitrogen and oxygen atoms in total. The van der Waals surface area contributed by atoms with Crippen molar-refractivity contribution >= 4 is 13.8 Å². The molecule has 0 amide bonds. The zero-order chi connectivity index (χ0) is 12.3. The van der Waals surface area contributed by atoms with E-state index in [1.54, 1.807) is 0 Å². The van der Waals surface area contributed by atoms with E-state index in [-0.39, 0.29) is 0 Å². The van der Waals surface area contributed by atoms with Crippen LogP contribution in [0.5, 0.6) is 0 Å².